The zero-order valence-corrected chi connectivity index (χ0v) is 7.95. The Morgan fingerprint density at radius 3 is 2.69 bits per heavy atom. The molecule has 0 aromatic carbocycles. The van der Waals surface area contributed by atoms with E-state index < -0.39 is 7.12 Å². The predicted octanol–water partition coefficient (Wildman–Crippen LogP) is 0.380. The van der Waals surface area contributed by atoms with Crippen LogP contribution in [0.1, 0.15) is 32.1 Å². The van der Waals surface area contributed by atoms with Gasteiger partial charge in [-0.25, -0.2) is 0 Å². The molecular weight excluding hydrogens is 165 g/mol. The summed E-state index contributed by atoms with van der Waals surface area (Å²) in [4.78, 5) is 0. The first-order valence-corrected chi connectivity index (χ1v) is 5.38. The maximum absolute atomic E-state index is 8.70. The van der Waals surface area contributed by atoms with Crippen LogP contribution >= 0.6 is 0 Å². The van der Waals surface area contributed by atoms with Crippen LogP contribution in [-0.4, -0.2) is 29.3 Å². The second-order valence-corrected chi connectivity index (χ2v) is 4.45. The van der Waals surface area contributed by atoms with Crippen molar-refractivity contribution in [3.63, 3.8) is 0 Å². The first-order valence-electron chi connectivity index (χ1n) is 5.38. The molecule has 0 radical (unpaired) electrons. The van der Waals surface area contributed by atoms with E-state index >= 15 is 0 Å². The Labute approximate surface area is 79.7 Å². The van der Waals surface area contributed by atoms with Crippen LogP contribution in [0.5, 0.6) is 0 Å². The number of nitrogens with one attached hydrogen (secondary N) is 1. The van der Waals surface area contributed by atoms with Crippen LogP contribution in [0, 0.1) is 5.92 Å². The summed E-state index contributed by atoms with van der Waals surface area (Å²) >= 11 is 0. The summed E-state index contributed by atoms with van der Waals surface area (Å²) in [7, 11) is -1.11. The SMILES string of the molecule is OB(O)CCC[C@@H]1C[C@H]2CC[C@H]1N2. The fraction of sp³-hybridized carbons (Fsp3) is 1.00. The van der Waals surface area contributed by atoms with Gasteiger partial charge in [-0.15, -0.1) is 0 Å². The van der Waals surface area contributed by atoms with Crippen molar-refractivity contribution in [2.75, 3.05) is 0 Å². The minimum absolute atomic E-state index is 0.536. The fourth-order valence-corrected chi connectivity index (χ4v) is 2.82. The highest BCUT2D eigenvalue weighted by Crippen LogP contribution is 2.35. The molecule has 2 fully saturated rings. The zero-order valence-electron chi connectivity index (χ0n) is 7.95. The minimum Gasteiger partial charge on any atom is -0.427 e. The molecule has 13 heavy (non-hydrogen) atoms. The first kappa shape index (κ1) is 9.50. The van der Waals surface area contributed by atoms with Crippen molar-refractivity contribution in [2.45, 2.75) is 50.5 Å². The molecule has 3 atom stereocenters. The van der Waals surface area contributed by atoms with Crippen molar-refractivity contribution in [3.8, 4) is 0 Å². The lowest BCUT2D eigenvalue weighted by atomic mass is 9.79. The average Bonchev–Trinajstić information content (AvgIpc) is 2.64. The summed E-state index contributed by atoms with van der Waals surface area (Å²) in [6.45, 7) is 0. The van der Waals surface area contributed by atoms with Crippen LogP contribution in [0.15, 0.2) is 0 Å². The van der Waals surface area contributed by atoms with Crippen LogP contribution in [0.25, 0.3) is 0 Å². The molecule has 0 aliphatic carbocycles. The van der Waals surface area contributed by atoms with Crippen LogP contribution in [-0.2, 0) is 0 Å². The van der Waals surface area contributed by atoms with Gasteiger partial charge in [-0.3, -0.25) is 0 Å². The molecule has 2 bridgehead atoms. The lowest BCUT2D eigenvalue weighted by molar-refractivity contribution is 0.364. The molecule has 4 heteroatoms. The van der Waals surface area contributed by atoms with Crippen molar-refractivity contribution in [3.05, 3.63) is 0 Å². The van der Waals surface area contributed by atoms with E-state index in [0.29, 0.717) is 6.32 Å². The smallest absolute Gasteiger partial charge is 0.427 e. The van der Waals surface area contributed by atoms with Gasteiger partial charge in [0.15, 0.2) is 0 Å². The Morgan fingerprint density at radius 1 is 1.31 bits per heavy atom. The van der Waals surface area contributed by atoms with Gasteiger partial charge < -0.3 is 15.4 Å². The molecule has 2 aliphatic rings. The molecule has 0 amide bonds. The van der Waals surface area contributed by atoms with E-state index in [0.717, 1.165) is 30.8 Å². The third-order valence-corrected chi connectivity index (χ3v) is 3.47. The maximum Gasteiger partial charge on any atom is 0.451 e. The molecule has 2 heterocycles. The van der Waals surface area contributed by atoms with E-state index in [1.54, 1.807) is 0 Å². The zero-order chi connectivity index (χ0) is 9.26. The molecule has 2 aliphatic heterocycles. The van der Waals surface area contributed by atoms with Crippen LogP contribution in [0.3, 0.4) is 0 Å². The highest BCUT2D eigenvalue weighted by atomic mass is 16.4. The maximum atomic E-state index is 8.70. The van der Waals surface area contributed by atoms with Crippen molar-refractivity contribution in [2.24, 2.45) is 5.92 Å². The second kappa shape index (κ2) is 3.99. The van der Waals surface area contributed by atoms with E-state index in [1.165, 1.54) is 19.3 Å². The van der Waals surface area contributed by atoms with Crippen LogP contribution in [0.4, 0.5) is 0 Å². The quantitative estimate of drug-likeness (QED) is 0.552. The van der Waals surface area contributed by atoms with Crippen molar-refractivity contribution in [1.82, 2.24) is 5.32 Å². The third kappa shape index (κ3) is 2.24. The minimum atomic E-state index is -1.11. The Bertz CT molecular complexity index is 177. The van der Waals surface area contributed by atoms with Gasteiger partial charge in [-0.1, -0.05) is 6.42 Å². The Morgan fingerprint density at radius 2 is 2.15 bits per heavy atom. The van der Waals surface area contributed by atoms with Gasteiger partial charge in [0.2, 0.25) is 0 Å². The molecule has 0 unspecified atom stereocenters. The van der Waals surface area contributed by atoms with Crippen LogP contribution in [0.2, 0.25) is 6.32 Å². The average molecular weight is 183 g/mol. The van der Waals surface area contributed by atoms with Gasteiger partial charge in [0.25, 0.3) is 0 Å². The van der Waals surface area contributed by atoms with E-state index in [2.05, 4.69) is 5.32 Å². The van der Waals surface area contributed by atoms with Gasteiger partial charge in [-0.2, -0.15) is 0 Å². The lowest BCUT2D eigenvalue weighted by Gasteiger charge is -2.19. The molecule has 3 nitrogen and oxygen atoms in total. The predicted molar refractivity (Wildman–Crippen MR) is 52.3 cm³/mol. The lowest BCUT2D eigenvalue weighted by Crippen LogP contribution is -2.23. The number of hydrogen-bond donors (Lipinski definition) is 3. The van der Waals surface area contributed by atoms with Crippen molar-refractivity contribution < 1.29 is 10.0 Å². The summed E-state index contributed by atoms with van der Waals surface area (Å²) in [6, 6.07) is 1.51. The topological polar surface area (TPSA) is 52.5 Å². The molecule has 0 spiro atoms. The van der Waals surface area contributed by atoms with E-state index in [1.807, 2.05) is 0 Å². The number of fused-ring (bicyclic) bond motifs is 2. The monoisotopic (exact) mass is 183 g/mol. The van der Waals surface area contributed by atoms with Gasteiger partial charge >= 0.3 is 7.12 Å². The summed E-state index contributed by atoms with van der Waals surface area (Å²) in [5, 5.41) is 21.0. The first-order chi connectivity index (χ1) is 6.25. The van der Waals surface area contributed by atoms with Crippen molar-refractivity contribution >= 4 is 7.12 Å². The van der Waals surface area contributed by atoms with Gasteiger partial charge in [0.05, 0.1) is 0 Å². The summed E-state index contributed by atoms with van der Waals surface area (Å²) in [6.07, 6.45) is 6.64. The van der Waals surface area contributed by atoms with Crippen molar-refractivity contribution in [1.29, 1.82) is 0 Å². The Hall–Kier alpha value is -0.0551. The molecule has 2 saturated heterocycles. The highest BCUT2D eigenvalue weighted by molar-refractivity contribution is 6.40. The standard InChI is InChI=1S/C9H18BNO2/c12-10(13)5-1-2-7-6-8-3-4-9(7)11-8/h7-9,11-13H,1-6H2/t7-,8-,9-/m1/s1. The normalized spacial score (nSPS) is 36.9. The second-order valence-electron chi connectivity index (χ2n) is 4.45. The summed E-state index contributed by atoms with van der Waals surface area (Å²) in [5.74, 6) is 0.803. The largest absolute Gasteiger partial charge is 0.451 e. The molecule has 74 valence electrons. The van der Waals surface area contributed by atoms with E-state index in [4.69, 9.17) is 10.0 Å². The summed E-state index contributed by atoms with van der Waals surface area (Å²) in [5.41, 5.74) is 0. The Balaban J connectivity index is 1.66. The van der Waals surface area contributed by atoms with Crippen LogP contribution < -0.4 is 5.32 Å². The Kier molecular flexibility index (Phi) is 2.91. The van der Waals surface area contributed by atoms with E-state index in [-0.39, 0.29) is 0 Å². The number of rotatable bonds is 4. The van der Waals surface area contributed by atoms with E-state index in [9.17, 15) is 0 Å². The molecule has 0 aromatic rings. The molecule has 2 rings (SSSR count). The molecule has 0 saturated carbocycles. The van der Waals surface area contributed by atoms with Gasteiger partial charge in [0.1, 0.15) is 0 Å². The third-order valence-electron chi connectivity index (χ3n) is 3.47. The molecule has 0 aromatic heterocycles. The fourth-order valence-electron chi connectivity index (χ4n) is 2.82. The van der Waals surface area contributed by atoms with Gasteiger partial charge in [-0.05, 0) is 37.9 Å². The molecule has 3 N–H and O–H groups in total. The number of hydrogen-bond acceptors (Lipinski definition) is 3. The van der Waals surface area contributed by atoms with Gasteiger partial charge in [0, 0.05) is 12.1 Å². The summed E-state index contributed by atoms with van der Waals surface area (Å²) < 4.78 is 0. The highest BCUT2D eigenvalue weighted by Gasteiger charge is 2.38. The molecular formula is C9H18BNO2.